The van der Waals surface area contributed by atoms with Gasteiger partial charge in [0.2, 0.25) is 0 Å². The minimum absolute atomic E-state index is 0.0682. The molecule has 2 bridgehead atoms. The van der Waals surface area contributed by atoms with Gasteiger partial charge in [0, 0.05) is 12.1 Å². The first-order chi connectivity index (χ1) is 9.98. The van der Waals surface area contributed by atoms with Gasteiger partial charge in [0.1, 0.15) is 6.10 Å². The van der Waals surface area contributed by atoms with Crippen molar-refractivity contribution < 1.29 is 14.6 Å². The van der Waals surface area contributed by atoms with Crippen LogP contribution in [0.1, 0.15) is 38.2 Å². The van der Waals surface area contributed by atoms with Crippen LogP contribution in [0.5, 0.6) is 0 Å². The van der Waals surface area contributed by atoms with E-state index in [2.05, 4.69) is 11.9 Å². The third kappa shape index (κ3) is 2.70. The molecule has 2 heterocycles. The third-order valence-electron chi connectivity index (χ3n) is 5.06. The van der Waals surface area contributed by atoms with Gasteiger partial charge in [-0.05, 0) is 45.2 Å². The standard InChI is InChI=1S/C17H23NO3/c1-17(20,12-6-4-3-5-7-12)16(19)21-15-10-13-8-9-14(11-15)18(13)2/h3-7,13-15,20H,8-11H2,1-2H3/t13-,14+,15?,17?. The van der Waals surface area contributed by atoms with Crippen LogP contribution in [0, 0.1) is 0 Å². The molecule has 4 heteroatoms. The molecule has 2 fully saturated rings. The van der Waals surface area contributed by atoms with Crippen LogP contribution in [0.4, 0.5) is 0 Å². The Morgan fingerprint density at radius 2 is 1.81 bits per heavy atom. The van der Waals surface area contributed by atoms with E-state index in [9.17, 15) is 9.90 Å². The molecule has 114 valence electrons. The highest BCUT2D eigenvalue weighted by Gasteiger charge is 2.42. The Morgan fingerprint density at radius 1 is 1.24 bits per heavy atom. The number of ether oxygens (including phenoxy) is 1. The second-order valence-corrected chi connectivity index (χ2v) is 6.49. The number of rotatable bonds is 3. The van der Waals surface area contributed by atoms with Crippen LogP contribution in [0.3, 0.4) is 0 Å². The molecule has 1 aromatic rings. The molecule has 0 amide bonds. The molecular weight excluding hydrogens is 266 g/mol. The summed E-state index contributed by atoms with van der Waals surface area (Å²) in [4.78, 5) is 14.8. The summed E-state index contributed by atoms with van der Waals surface area (Å²) in [5.41, 5.74) is -1.00. The molecule has 4 nitrogen and oxygen atoms in total. The van der Waals surface area contributed by atoms with E-state index in [1.54, 1.807) is 12.1 Å². The van der Waals surface area contributed by atoms with Crippen molar-refractivity contribution in [2.75, 3.05) is 7.05 Å². The average Bonchev–Trinajstić information content (AvgIpc) is 2.70. The maximum Gasteiger partial charge on any atom is 0.342 e. The highest BCUT2D eigenvalue weighted by Crippen LogP contribution is 2.36. The van der Waals surface area contributed by atoms with Crippen molar-refractivity contribution in [2.24, 2.45) is 0 Å². The van der Waals surface area contributed by atoms with Crippen LogP contribution in [0.15, 0.2) is 30.3 Å². The Kier molecular flexibility index (Phi) is 3.76. The molecule has 0 aliphatic carbocycles. The van der Waals surface area contributed by atoms with Crippen molar-refractivity contribution in [2.45, 2.75) is 56.4 Å². The summed E-state index contributed by atoms with van der Waals surface area (Å²) >= 11 is 0. The van der Waals surface area contributed by atoms with E-state index in [1.807, 2.05) is 18.2 Å². The molecule has 2 unspecified atom stereocenters. The summed E-state index contributed by atoms with van der Waals surface area (Å²) in [6.45, 7) is 1.51. The Labute approximate surface area is 125 Å². The first-order valence-electron chi connectivity index (χ1n) is 7.69. The van der Waals surface area contributed by atoms with Crippen molar-refractivity contribution in [1.29, 1.82) is 0 Å². The summed E-state index contributed by atoms with van der Waals surface area (Å²) in [5, 5.41) is 10.5. The van der Waals surface area contributed by atoms with E-state index >= 15 is 0 Å². The number of carbonyl (C=O) groups excluding carboxylic acids is 1. The van der Waals surface area contributed by atoms with Crippen molar-refractivity contribution in [3.05, 3.63) is 35.9 Å². The van der Waals surface area contributed by atoms with Crippen molar-refractivity contribution in [1.82, 2.24) is 4.90 Å². The third-order valence-corrected chi connectivity index (χ3v) is 5.06. The van der Waals surface area contributed by atoms with Crippen LogP contribution in [0.2, 0.25) is 0 Å². The van der Waals surface area contributed by atoms with Gasteiger partial charge in [-0.25, -0.2) is 4.79 Å². The second-order valence-electron chi connectivity index (χ2n) is 6.49. The number of piperidine rings is 1. The van der Waals surface area contributed by atoms with Gasteiger partial charge in [0.15, 0.2) is 5.60 Å². The van der Waals surface area contributed by atoms with Crippen molar-refractivity contribution in [3.8, 4) is 0 Å². The van der Waals surface area contributed by atoms with Gasteiger partial charge in [0.25, 0.3) is 0 Å². The number of hydrogen-bond acceptors (Lipinski definition) is 4. The Hall–Kier alpha value is -1.39. The summed E-state index contributed by atoms with van der Waals surface area (Å²) < 4.78 is 5.62. The summed E-state index contributed by atoms with van der Waals surface area (Å²) in [7, 11) is 2.15. The first kappa shape index (κ1) is 14.5. The lowest BCUT2D eigenvalue weighted by Gasteiger charge is -2.36. The zero-order valence-corrected chi connectivity index (χ0v) is 12.7. The Balaban J connectivity index is 1.67. The van der Waals surface area contributed by atoms with E-state index in [1.165, 1.54) is 19.8 Å². The Morgan fingerprint density at radius 3 is 2.38 bits per heavy atom. The number of fused-ring (bicyclic) bond motifs is 2. The molecule has 0 aromatic heterocycles. The van der Waals surface area contributed by atoms with Gasteiger partial charge in [-0.3, -0.25) is 0 Å². The van der Waals surface area contributed by atoms with Crippen LogP contribution < -0.4 is 0 Å². The second kappa shape index (κ2) is 5.43. The zero-order valence-electron chi connectivity index (χ0n) is 12.7. The van der Waals surface area contributed by atoms with Crippen LogP contribution in [-0.2, 0) is 15.1 Å². The number of aliphatic hydroxyl groups is 1. The maximum atomic E-state index is 12.4. The molecule has 4 atom stereocenters. The fraction of sp³-hybridized carbons (Fsp3) is 0.588. The number of benzene rings is 1. The fourth-order valence-corrected chi connectivity index (χ4v) is 3.60. The van der Waals surface area contributed by atoms with Crippen LogP contribution in [-0.4, -0.2) is 41.2 Å². The van der Waals surface area contributed by atoms with Crippen molar-refractivity contribution in [3.63, 3.8) is 0 Å². The molecule has 2 aliphatic heterocycles. The highest BCUT2D eigenvalue weighted by atomic mass is 16.6. The molecule has 3 rings (SSSR count). The predicted octanol–water partition coefficient (Wildman–Crippen LogP) is 2.06. The zero-order chi connectivity index (χ0) is 15.0. The minimum Gasteiger partial charge on any atom is -0.460 e. The fourth-order valence-electron chi connectivity index (χ4n) is 3.60. The van der Waals surface area contributed by atoms with Gasteiger partial charge in [-0.15, -0.1) is 0 Å². The van der Waals surface area contributed by atoms with Gasteiger partial charge in [0.05, 0.1) is 0 Å². The minimum atomic E-state index is -1.58. The largest absolute Gasteiger partial charge is 0.460 e. The van der Waals surface area contributed by atoms with Gasteiger partial charge < -0.3 is 14.7 Å². The molecule has 21 heavy (non-hydrogen) atoms. The molecule has 0 saturated carbocycles. The van der Waals surface area contributed by atoms with E-state index in [4.69, 9.17) is 4.74 Å². The molecule has 0 radical (unpaired) electrons. The summed E-state index contributed by atoms with van der Waals surface area (Å²) in [6, 6.07) is 10.0. The lowest BCUT2D eigenvalue weighted by atomic mass is 9.95. The monoisotopic (exact) mass is 289 g/mol. The maximum absolute atomic E-state index is 12.4. The number of hydrogen-bond donors (Lipinski definition) is 1. The molecular formula is C17H23NO3. The molecule has 2 aliphatic rings. The van der Waals surface area contributed by atoms with Crippen LogP contribution >= 0.6 is 0 Å². The summed E-state index contributed by atoms with van der Waals surface area (Å²) in [5.74, 6) is -0.539. The van der Waals surface area contributed by atoms with Gasteiger partial charge in [-0.2, -0.15) is 0 Å². The van der Waals surface area contributed by atoms with E-state index in [0.717, 1.165) is 12.8 Å². The van der Waals surface area contributed by atoms with Crippen molar-refractivity contribution >= 4 is 5.97 Å². The predicted molar refractivity (Wildman–Crippen MR) is 79.7 cm³/mol. The van der Waals surface area contributed by atoms with E-state index < -0.39 is 11.6 Å². The first-order valence-corrected chi connectivity index (χ1v) is 7.69. The van der Waals surface area contributed by atoms with Gasteiger partial charge in [-0.1, -0.05) is 30.3 Å². The molecule has 0 spiro atoms. The average molecular weight is 289 g/mol. The normalized spacial score (nSPS) is 31.7. The highest BCUT2D eigenvalue weighted by molar-refractivity contribution is 5.80. The lowest BCUT2D eigenvalue weighted by molar-refractivity contribution is -0.173. The quantitative estimate of drug-likeness (QED) is 0.865. The number of esters is 1. The molecule has 1 aromatic carbocycles. The molecule has 1 N–H and O–H groups in total. The Bertz CT molecular complexity index is 500. The number of carbonyl (C=O) groups is 1. The van der Waals surface area contributed by atoms with Crippen LogP contribution in [0.25, 0.3) is 0 Å². The lowest BCUT2D eigenvalue weighted by Crippen LogP contribution is -2.45. The van der Waals surface area contributed by atoms with Gasteiger partial charge >= 0.3 is 5.97 Å². The SMILES string of the molecule is CN1[C@@H]2CC[C@H]1CC(OC(=O)C(C)(O)c1ccccc1)C2. The van der Waals surface area contributed by atoms with E-state index in [0.29, 0.717) is 17.6 Å². The smallest absolute Gasteiger partial charge is 0.342 e. The molecule has 2 saturated heterocycles. The topological polar surface area (TPSA) is 49.8 Å². The summed E-state index contributed by atoms with van der Waals surface area (Å²) in [6.07, 6.45) is 4.06. The number of nitrogens with zero attached hydrogens (tertiary/aromatic N) is 1. The van der Waals surface area contributed by atoms with E-state index in [-0.39, 0.29) is 6.10 Å².